The Morgan fingerprint density at radius 2 is 1.95 bits per heavy atom. The molecule has 0 unspecified atom stereocenters. The maximum Gasteiger partial charge on any atom is 0.260 e. The Labute approximate surface area is 129 Å². The fraction of sp³-hybridized carbons (Fsp3) is 0.158. The van der Waals surface area contributed by atoms with Crippen molar-refractivity contribution in [1.82, 2.24) is 4.90 Å². The molecule has 4 rings (SSSR count). The first-order valence-electron chi connectivity index (χ1n) is 7.46. The summed E-state index contributed by atoms with van der Waals surface area (Å²) < 4.78 is 0. The van der Waals surface area contributed by atoms with E-state index in [9.17, 15) is 4.79 Å². The highest BCUT2D eigenvalue weighted by atomic mass is 16.2. The van der Waals surface area contributed by atoms with Gasteiger partial charge in [-0.15, -0.1) is 0 Å². The summed E-state index contributed by atoms with van der Waals surface area (Å²) in [5, 5.41) is 0. The first-order chi connectivity index (χ1) is 10.7. The maximum atomic E-state index is 12.8. The Bertz CT molecular complexity index is 805. The van der Waals surface area contributed by atoms with Gasteiger partial charge in [0, 0.05) is 18.8 Å². The van der Waals surface area contributed by atoms with E-state index in [-0.39, 0.29) is 11.9 Å². The topological polar surface area (TPSA) is 32.7 Å². The van der Waals surface area contributed by atoms with Gasteiger partial charge < -0.3 is 4.90 Å². The van der Waals surface area contributed by atoms with Crippen LogP contribution in [0.3, 0.4) is 0 Å². The van der Waals surface area contributed by atoms with Crippen molar-refractivity contribution >= 4 is 23.4 Å². The van der Waals surface area contributed by atoms with Crippen LogP contribution in [-0.2, 0) is 0 Å². The van der Waals surface area contributed by atoms with Crippen LogP contribution in [0.2, 0.25) is 0 Å². The fourth-order valence-electron chi connectivity index (χ4n) is 3.05. The average molecular weight is 288 g/mol. The van der Waals surface area contributed by atoms with Crippen LogP contribution in [0.1, 0.15) is 27.9 Å². The smallest absolute Gasteiger partial charge is 0.260 e. The van der Waals surface area contributed by atoms with E-state index >= 15 is 0 Å². The number of aryl methyl sites for hydroxylation is 1. The van der Waals surface area contributed by atoms with Gasteiger partial charge in [0.15, 0.2) is 0 Å². The second kappa shape index (κ2) is 4.95. The number of hydrogen-bond acceptors (Lipinski definition) is 2. The van der Waals surface area contributed by atoms with Gasteiger partial charge in [0.2, 0.25) is 0 Å². The molecule has 2 aliphatic heterocycles. The molecule has 0 N–H and O–H groups in total. The molecule has 0 bridgehead atoms. The van der Waals surface area contributed by atoms with Gasteiger partial charge >= 0.3 is 0 Å². The van der Waals surface area contributed by atoms with Crippen molar-refractivity contribution in [3.05, 3.63) is 71.4 Å². The van der Waals surface area contributed by atoms with E-state index in [1.54, 1.807) is 0 Å². The Kier molecular flexibility index (Phi) is 2.93. The van der Waals surface area contributed by atoms with Gasteiger partial charge in [-0.05, 0) is 35.8 Å². The first kappa shape index (κ1) is 13.0. The molecule has 0 aliphatic carbocycles. The molecule has 2 aliphatic rings. The molecule has 1 atom stereocenters. The lowest BCUT2D eigenvalue weighted by Crippen LogP contribution is -2.32. The number of fused-ring (bicyclic) bond motifs is 2. The van der Waals surface area contributed by atoms with Gasteiger partial charge in [0.25, 0.3) is 5.91 Å². The highest BCUT2D eigenvalue weighted by Crippen LogP contribution is 2.34. The molecule has 0 saturated heterocycles. The van der Waals surface area contributed by atoms with Gasteiger partial charge in [-0.2, -0.15) is 0 Å². The van der Waals surface area contributed by atoms with Crippen molar-refractivity contribution in [2.45, 2.75) is 19.4 Å². The zero-order valence-corrected chi connectivity index (χ0v) is 12.4. The predicted molar refractivity (Wildman–Crippen MR) is 88.3 cm³/mol. The van der Waals surface area contributed by atoms with Gasteiger partial charge in [-0.1, -0.05) is 36.4 Å². The van der Waals surface area contributed by atoms with Gasteiger partial charge in [-0.3, -0.25) is 9.79 Å². The Morgan fingerprint density at radius 3 is 2.77 bits per heavy atom. The minimum Gasteiger partial charge on any atom is -0.306 e. The Hall–Kier alpha value is -2.68. The van der Waals surface area contributed by atoms with E-state index in [0.29, 0.717) is 5.56 Å². The van der Waals surface area contributed by atoms with E-state index < -0.39 is 0 Å². The van der Waals surface area contributed by atoms with Crippen LogP contribution in [0.15, 0.2) is 59.7 Å². The molecule has 2 aromatic carbocycles. The molecular weight excluding hydrogens is 272 g/mol. The minimum atomic E-state index is 0.00964. The van der Waals surface area contributed by atoms with E-state index in [1.807, 2.05) is 60.6 Å². The second-order valence-electron chi connectivity index (χ2n) is 5.80. The molecule has 22 heavy (non-hydrogen) atoms. The molecule has 108 valence electrons. The Balaban J connectivity index is 1.75. The fourth-order valence-corrected chi connectivity index (χ4v) is 3.05. The Morgan fingerprint density at radius 1 is 1.14 bits per heavy atom. The van der Waals surface area contributed by atoms with Crippen molar-refractivity contribution in [3.63, 3.8) is 0 Å². The normalized spacial score (nSPS) is 19.5. The number of aliphatic imine (C=N–C) groups is 1. The number of hydrogen-bond donors (Lipinski definition) is 0. The van der Waals surface area contributed by atoms with Crippen LogP contribution >= 0.6 is 0 Å². The van der Waals surface area contributed by atoms with Crippen LogP contribution < -0.4 is 0 Å². The highest BCUT2D eigenvalue weighted by Gasteiger charge is 2.32. The lowest BCUT2D eigenvalue weighted by Gasteiger charge is -2.18. The van der Waals surface area contributed by atoms with Crippen molar-refractivity contribution < 1.29 is 4.79 Å². The standard InChI is InChI=1S/C19H16N2O/c1-13-7-8-17-18(9-13)20-11-16-10-15(12-21(16)19(17)22)14-5-3-2-4-6-14/h2-9,11-12,16H,10H2,1H3/t16-/m0/s1. The lowest BCUT2D eigenvalue weighted by atomic mass is 10.0. The van der Waals surface area contributed by atoms with Crippen molar-refractivity contribution in [2.75, 3.05) is 0 Å². The number of carbonyl (C=O) groups excluding carboxylic acids is 1. The quantitative estimate of drug-likeness (QED) is 0.781. The van der Waals surface area contributed by atoms with Crippen LogP contribution in [0.5, 0.6) is 0 Å². The summed E-state index contributed by atoms with van der Waals surface area (Å²) in [5.41, 5.74) is 4.91. The molecule has 0 saturated carbocycles. The zero-order chi connectivity index (χ0) is 15.1. The number of carbonyl (C=O) groups is 1. The van der Waals surface area contributed by atoms with E-state index in [0.717, 1.165) is 17.7 Å². The second-order valence-corrected chi connectivity index (χ2v) is 5.80. The molecule has 0 aromatic heterocycles. The van der Waals surface area contributed by atoms with E-state index in [1.165, 1.54) is 11.1 Å². The number of amides is 1. The van der Waals surface area contributed by atoms with Crippen molar-refractivity contribution in [2.24, 2.45) is 4.99 Å². The largest absolute Gasteiger partial charge is 0.306 e. The zero-order valence-electron chi connectivity index (χ0n) is 12.4. The highest BCUT2D eigenvalue weighted by molar-refractivity contribution is 6.04. The summed E-state index contributed by atoms with van der Waals surface area (Å²) in [7, 11) is 0. The lowest BCUT2D eigenvalue weighted by molar-refractivity contribution is 0.0818. The summed E-state index contributed by atoms with van der Waals surface area (Å²) in [6, 6.07) is 16.0. The molecule has 0 radical (unpaired) electrons. The van der Waals surface area contributed by atoms with E-state index in [4.69, 9.17) is 0 Å². The SMILES string of the molecule is Cc1ccc2c(c1)N=C[C@@H]1CC(c3ccccc3)=CN1C2=O. The average Bonchev–Trinajstić information content (AvgIpc) is 2.92. The molecule has 3 nitrogen and oxygen atoms in total. The van der Waals surface area contributed by atoms with Crippen LogP contribution in [0, 0.1) is 6.92 Å². The number of nitrogens with zero attached hydrogens (tertiary/aromatic N) is 2. The summed E-state index contributed by atoms with van der Waals surface area (Å²) in [6.45, 7) is 2.01. The summed E-state index contributed by atoms with van der Waals surface area (Å²) in [6.07, 6.45) is 4.69. The van der Waals surface area contributed by atoms with Crippen molar-refractivity contribution in [1.29, 1.82) is 0 Å². The minimum absolute atomic E-state index is 0.00964. The van der Waals surface area contributed by atoms with Gasteiger partial charge in [0.1, 0.15) is 0 Å². The number of benzene rings is 2. The van der Waals surface area contributed by atoms with Crippen LogP contribution in [-0.4, -0.2) is 23.1 Å². The van der Waals surface area contributed by atoms with Crippen LogP contribution in [0.4, 0.5) is 5.69 Å². The predicted octanol–water partition coefficient (Wildman–Crippen LogP) is 3.97. The van der Waals surface area contributed by atoms with E-state index in [2.05, 4.69) is 17.1 Å². The third-order valence-corrected chi connectivity index (χ3v) is 4.23. The molecule has 2 heterocycles. The molecule has 3 heteroatoms. The van der Waals surface area contributed by atoms with Crippen LogP contribution in [0.25, 0.3) is 5.57 Å². The summed E-state index contributed by atoms with van der Waals surface area (Å²) in [4.78, 5) is 19.2. The van der Waals surface area contributed by atoms with Gasteiger partial charge in [0.05, 0.1) is 17.3 Å². The summed E-state index contributed by atoms with van der Waals surface area (Å²) >= 11 is 0. The maximum absolute atomic E-state index is 12.8. The van der Waals surface area contributed by atoms with Crippen molar-refractivity contribution in [3.8, 4) is 0 Å². The monoisotopic (exact) mass is 288 g/mol. The molecule has 1 amide bonds. The third-order valence-electron chi connectivity index (χ3n) is 4.23. The molecule has 0 fully saturated rings. The molecule has 2 aromatic rings. The molecule has 0 spiro atoms. The van der Waals surface area contributed by atoms with Gasteiger partial charge in [-0.25, -0.2) is 0 Å². The summed E-state index contributed by atoms with van der Waals surface area (Å²) in [5.74, 6) is 0.0310. The molecular formula is C19H16N2O. The first-order valence-corrected chi connectivity index (χ1v) is 7.46. The third kappa shape index (κ3) is 2.06. The number of rotatable bonds is 1.